The largest absolute Gasteiger partial charge is 0.332 e. The summed E-state index contributed by atoms with van der Waals surface area (Å²) in [6.45, 7) is 6.61. The molecule has 0 bridgehead atoms. The van der Waals surface area contributed by atoms with E-state index in [2.05, 4.69) is 10.4 Å². The molecule has 22 heavy (non-hydrogen) atoms. The third kappa shape index (κ3) is 2.39. The monoisotopic (exact) mass is 300 g/mol. The average Bonchev–Trinajstić information content (AvgIpc) is 2.55. The number of fused-ring (bicyclic) bond motifs is 1. The molecule has 1 amide bonds. The highest BCUT2D eigenvalue weighted by Crippen LogP contribution is 2.12. The number of nitrogens with zero attached hydrogens (tertiary/aromatic N) is 3. The van der Waals surface area contributed by atoms with E-state index in [4.69, 9.17) is 0 Å². The Morgan fingerprint density at radius 2 is 2.18 bits per heavy atom. The topological polar surface area (TPSA) is 67.2 Å². The zero-order valence-corrected chi connectivity index (χ0v) is 12.9. The summed E-state index contributed by atoms with van der Waals surface area (Å²) in [7, 11) is 0. The Labute approximate surface area is 128 Å². The van der Waals surface area contributed by atoms with Crippen molar-refractivity contribution in [1.82, 2.24) is 20.0 Å². The van der Waals surface area contributed by atoms with Gasteiger partial charge < -0.3 is 10.2 Å². The molecule has 1 N–H and O–H groups in total. The number of para-hydroxylation sites is 1. The highest BCUT2D eigenvalue weighted by atomic mass is 16.2. The Balaban J connectivity index is 2.12. The molecule has 2 aromatic rings. The number of aryl methyl sites for hydroxylation is 1. The Morgan fingerprint density at radius 1 is 1.41 bits per heavy atom. The van der Waals surface area contributed by atoms with E-state index in [1.165, 1.54) is 0 Å². The Kier molecular flexibility index (Phi) is 3.94. The van der Waals surface area contributed by atoms with Crippen LogP contribution in [-0.2, 0) is 6.54 Å². The second kappa shape index (κ2) is 5.88. The second-order valence-corrected chi connectivity index (χ2v) is 5.56. The minimum Gasteiger partial charge on any atom is -0.332 e. The molecule has 0 spiro atoms. The highest BCUT2D eigenvalue weighted by Gasteiger charge is 2.27. The molecule has 1 aliphatic rings. The number of hydrogen-bond acceptors (Lipinski definition) is 4. The molecule has 1 aliphatic heterocycles. The molecule has 0 saturated carbocycles. The first kappa shape index (κ1) is 14.7. The molecule has 2 heterocycles. The number of hydrogen-bond donors (Lipinski definition) is 1. The molecular formula is C16H20N4O2. The molecule has 1 aromatic heterocycles. The first-order chi connectivity index (χ1) is 10.6. The van der Waals surface area contributed by atoms with Crippen molar-refractivity contribution in [3.63, 3.8) is 0 Å². The molecule has 0 unspecified atom stereocenters. The molecule has 0 aliphatic carbocycles. The zero-order valence-electron chi connectivity index (χ0n) is 12.9. The van der Waals surface area contributed by atoms with Crippen LogP contribution in [-0.4, -0.2) is 46.3 Å². The van der Waals surface area contributed by atoms with Gasteiger partial charge >= 0.3 is 0 Å². The molecule has 116 valence electrons. The van der Waals surface area contributed by atoms with E-state index in [0.29, 0.717) is 18.5 Å². The van der Waals surface area contributed by atoms with Crippen LogP contribution in [0, 0.1) is 0 Å². The number of piperazine rings is 1. The average molecular weight is 300 g/mol. The van der Waals surface area contributed by atoms with Gasteiger partial charge in [0, 0.05) is 37.6 Å². The first-order valence-corrected chi connectivity index (χ1v) is 7.65. The van der Waals surface area contributed by atoms with Crippen molar-refractivity contribution in [2.24, 2.45) is 0 Å². The molecule has 3 rings (SSSR count). The maximum atomic E-state index is 12.8. The number of amides is 1. The molecular weight excluding hydrogens is 280 g/mol. The summed E-state index contributed by atoms with van der Waals surface area (Å²) in [5.41, 5.74) is 0.505. The predicted octanol–water partition coefficient (Wildman–Crippen LogP) is 0.850. The van der Waals surface area contributed by atoms with Gasteiger partial charge in [0.1, 0.15) is 0 Å². The van der Waals surface area contributed by atoms with E-state index < -0.39 is 0 Å². The molecule has 1 atom stereocenters. The molecule has 1 fully saturated rings. The van der Waals surface area contributed by atoms with Gasteiger partial charge in [0.05, 0.1) is 5.52 Å². The minimum atomic E-state index is -0.281. The minimum absolute atomic E-state index is 0.0225. The Morgan fingerprint density at radius 3 is 2.91 bits per heavy atom. The summed E-state index contributed by atoms with van der Waals surface area (Å²) in [4.78, 5) is 27.1. The maximum absolute atomic E-state index is 12.8. The third-order valence-corrected chi connectivity index (χ3v) is 4.13. The number of aromatic nitrogens is 2. The van der Waals surface area contributed by atoms with Gasteiger partial charge in [0.2, 0.25) is 5.43 Å². The van der Waals surface area contributed by atoms with Crippen LogP contribution in [0.5, 0.6) is 0 Å². The lowest BCUT2D eigenvalue weighted by Crippen LogP contribution is -2.53. The van der Waals surface area contributed by atoms with E-state index >= 15 is 0 Å². The van der Waals surface area contributed by atoms with Crippen molar-refractivity contribution in [1.29, 1.82) is 0 Å². The van der Waals surface area contributed by atoms with Crippen LogP contribution in [0.15, 0.2) is 29.1 Å². The number of benzene rings is 1. The lowest BCUT2D eigenvalue weighted by molar-refractivity contribution is 0.0646. The summed E-state index contributed by atoms with van der Waals surface area (Å²) in [6, 6.07) is 7.35. The lowest BCUT2D eigenvalue weighted by Gasteiger charge is -2.33. The van der Waals surface area contributed by atoms with Crippen molar-refractivity contribution >= 4 is 16.8 Å². The van der Waals surface area contributed by atoms with E-state index in [1.54, 1.807) is 15.6 Å². The van der Waals surface area contributed by atoms with Gasteiger partial charge in [-0.15, -0.1) is 0 Å². The van der Waals surface area contributed by atoms with Gasteiger partial charge in [-0.05, 0) is 26.0 Å². The summed E-state index contributed by atoms with van der Waals surface area (Å²) in [5, 5.41) is 8.11. The molecule has 1 saturated heterocycles. The van der Waals surface area contributed by atoms with Crippen LogP contribution in [0.4, 0.5) is 0 Å². The van der Waals surface area contributed by atoms with Gasteiger partial charge in [-0.1, -0.05) is 12.1 Å². The van der Waals surface area contributed by atoms with Crippen LogP contribution >= 0.6 is 0 Å². The van der Waals surface area contributed by atoms with Crippen molar-refractivity contribution < 1.29 is 4.79 Å². The van der Waals surface area contributed by atoms with E-state index in [0.717, 1.165) is 18.6 Å². The van der Waals surface area contributed by atoms with Gasteiger partial charge in [-0.2, -0.15) is 5.10 Å². The van der Waals surface area contributed by atoms with Crippen LogP contribution in [0.2, 0.25) is 0 Å². The van der Waals surface area contributed by atoms with Crippen molar-refractivity contribution in [3.05, 3.63) is 40.2 Å². The SMILES string of the molecule is CCn1nc(C(=O)N2CCNC[C@@H]2C)c(=O)c2ccccc21. The fourth-order valence-electron chi connectivity index (χ4n) is 2.90. The first-order valence-electron chi connectivity index (χ1n) is 7.65. The molecule has 6 nitrogen and oxygen atoms in total. The standard InChI is InChI=1S/C16H20N4O2/c1-3-20-13-7-5-4-6-12(13)15(21)14(18-20)16(22)19-9-8-17-10-11(19)2/h4-7,11,17H,3,8-10H2,1-2H3/t11-/m0/s1. The molecule has 1 aromatic carbocycles. The fraction of sp³-hybridized carbons (Fsp3) is 0.438. The van der Waals surface area contributed by atoms with E-state index in [-0.39, 0.29) is 23.1 Å². The third-order valence-electron chi connectivity index (χ3n) is 4.13. The number of rotatable bonds is 2. The van der Waals surface area contributed by atoms with Crippen molar-refractivity contribution in [2.75, 3.05) is 19.6 Å². The van der Waals surface area contributed by atoms with Gasteiger partial charge in [0.25, 0.3) is 5.91 Å². The van der Waals surface area contributed by atoms with Crippen LogP contribution in [0.25, 0.3) is 10.9 Å². The Bertz CT molecular complexity index is 768. The number of nitrogens with one attached hydrogen (secondary N) is 1. The molecule has 0 radical (unpaired) electrons. The second-order valence-electron chi connectivity index (χ2n) is 5.56. The Hall–Kier alpha value is -2.21. The van der Waals surface area contributed by atoms with Gasteiger partial charge in [-0.3, -0.25) is 14.3 Å². The summed E-state index contributed by atoms with van der Waals surface area (Å²) in [6.07, 6.45) is 0. The summed E-state index contributed by atoms with van der Waals surface area (Å²) >= 11 is 0. The highest BCUT2D eigenvalue weighted by molar-refractivity contribution is 5.95. The normalized spacial score (nSPS) is 18.6. The zero-order chi connectivity index (χ0) is 15.7. The maximum Gasteiger partial charge on any atom is 0.278 e. The number of carbonyl (C=O) groups is 1. The van der Waals surface area contributed by atoms with Crippen molar-refractivity contribution in [3.8, 4) is 0 Å². The van der Waals surface area contributed by atoms with Crippen LogP contribution < -0.4 is 10.7 Å². The quantitative estimate of drug-likeness (QED) is 0.893. The van der Waals surface area contributed by atoms with E-state index in [1.807, 2.05) is 32.0 Å². The van der Waals surface area contributed by atoms with Crippen LogP contribution in [0.1, 0.15) is 24.3 Å². The smallest absolute Gasteiger partial charge is 0.278 e. The molecule has 6 heteroatoms. The summed E-state index contributed by atoms with van der Waals surface area (Å²) < 4.78 is 1.72. The van der Waals surface area contributed by atoms with Gasteiger partial charge in [0.15, 0.2) is 5.69 Å². The predicted molar refractivity (Wildman–Crippen MR) is 85.0 cm³/mol. The van der Waals surface area contributed by atoms with Gasteiger partial charge in [-0.25, -0.2) is 0 Å². The van der Waals surface area contributed by atoms with Crippen LogP contribution in [0.3, 0.4) is 0 Å². The van der Waals surface area contributed by atoms with E-state index in [9.17, 15) is 9.59 Å². The van der Waals surface area contributed by atoms with Crippen molar-refractivity contribution in [2.45, 2.75) is 26.4 Å². The summed E-state index contributed by atoms with van der Waals surface area (Å²) in [5.74, 6) is -0.271. The lowest BCUT2D eigenvalue weighted by atomic mass is 10.1. The number of carbonyl (C=O) groups excluding carboxylic acids is 1. The fourth-order valence-corrected chi connectivity index (χ4v) is 2.90.